The van der Waals surface area contributed by atoms with E-state index >= 15 is 0 Å². The van der Waals surface area contributed by atoms with E-state index in [-0.39, 0.29) is 17.3 Å². The van der Waals surface area contributed by atoms with E-state index in [0.29, 0.717) is 12.1 Å². The van der Waals surface area contributed by atoms with Gasteiger partial charge in [-0.15, -0.1) is 0 Å². The van der Waals surface area contributed by atoms with Crippen LogP contribution in [0.25, 0.3) is 0 Å². The number of benzene rings is 2. The summed E-state index contributed by atoms with van der Waals surface area (Å²) in [4.78, 5) is 9.02. The van der Waals surface area contributed by atoms with Gasteiger partial charge in [-0.2, -0.15) is 4.39 Å². The fourth-order valence-corrected chi connectivity index (χ4v) is 1.49. The van der Waals surface area contributed by atoms with Crippen LogP contribution in [-0.4, -0.2) is 16.6 Å². The van der Waals surface area contributed by atoms with E-state index in [4.69, 9.17) is 34.0 Å². The molecule has 25 heavy (non-hydrogen) atoms. The molecule has 0 atom stereocenters. The van der Waals surface area contributed by atoms with Crippen LogP contribution in [0.3, 0.4) is 0 Å². The van der Waals surface area contributed by atoms with Crippen molar-refractivity contribution in [2.75, 3.05) is 12.3 Å². The molecule has 138 valence electrons. The van der Waals surface area contributed by atoms with Gasteiger partial charge in [0, 0.05) is 18.7 Å². The molecule has 11 heteroatoms. The van der Waals surface area contributed by atoms with Gasteiger partial charge in [-0.25, -0.2) is 13.2 Å². The highest BCUT2D eigenvalue weighted by atomic mass is 35.5. The van der Waals surface area contributed by atoms with Gasteiger partial charge in [-0.05, 0) is 13.0 Å². The molecule has 0 aromatic heterocycles. The van der Waals surface area contributed by atoms with Gasteiger partial charge in [0.25, 0.3) is 0 Å². The van der Waals surface area contributed by atoms with Crippen molar-refractivity contribution in [2.24, 2.45) is 0 Å². The quantitative estimate of drug-likeness (QED) is 0.237. The minimum atomic E-state index is -1.15. The van der Waals surface area contributed by atoms with Gasteiger partial charge in [0.05, 0.1) is 26.7 Å². The molecule has 0 radical (unpaired) electrons. The van der Waals surface area contributed by atoms with Gasteiger partial charge in [-0.1, -0.05) is 23.2 Å². The van der Waals surface area contributed by atoms with Gasteiger partial charge >= 0.3 is 5.69 Å². The number of nitrogens with zero attached hydrogens (tertiary/aromatic N) is 1. The second-order valence-electron chi connectivity index (χ2n) is 4.08. The molecule has 0 amide bonds. The Hall–Kier alpha value is -2.10. The summed E-state index contributed by atoms with van der Waals surface area (Å²) in [6.07, 6.45) is 0. The van der Waals surface area contributed by atoms with Crippen LogP contribution in [0, 0.1) is 33.4 Å². The minimum Gasteiger partial charge on any atom is -0.397 e. The number of nitrogen functional groups attached to an aromatic ring is 1. The molecule has 0 aliphatic heterocycles. The third-order valence-corrected chi connectivity index (χ3v) is 2.81. The zero-order chi connectivity index (χ0) is 19.7. The molecule has 0 bridgehead atoms. The Morgan fingerprint density at radius 3 is 1.80 bits per heavy atom. The molecule has 2 aromatic carbocycles. The summed E-state index contributed by atoms with van der Waals surface area (Å²) in [6, 6.07) is 2.69. The first-order valence-electron chi connectivity index (χ1n) is 6.34. The highest BCUT2D eigenvalue weighted by molar-refractivity contribution is 6.31. The summed E-state index contributed by atoms with van der Waals surface area (Å²) in [5, 5.41) is 16.9. The smallest absolute Gasteiger partial charge is 0.307 e. The lowest BCUT2D eigenvalue weighted by Crippen LogP contribution is -1.93. The number of anilines is 1. The van der Waals surface area contributed by atoms with Crippen LogP contribution >= 0.6 is 23.2 Å². The molecule has 2 aromatic rings. The minimum absolute atomic E-state index is 0.234. The normalized spacial score (nSPS) is 9.44. The largest absolute Gasteiger partial charge is 0.397 e. The number of nitro groups is 1. The molecule has 2 rings (SSSR count). The first-order valence-corrected chi connectivity index (χ1v) is 7.10. The number of halogens is 6. The first-order chi connectivity index (χ1) is 11.5. The van der Waals surface area contributed by atoms with E-state index in [9.17, 15) is 27.7 Å². The van der Waals surface area contributed by atoms with Gasteiger partial charge < -0.3 is 10.8 Å². The summed E-state index contributed by atoms with van der Waals surface area (Å²) >= 11 is 10.4. The molecule has 0 spiro atoms. The van der Waals surface area contributed by atoms with Crippen molar-refractivity contribution in [3.63, 3.8) is 0 Å². The molecular weight excluding hydrogens is 391 g/mol. The van der Waals surface area contributed by atoms with Crippen molar-refractivity contribution in [2.45, 2.75) is 6.92 Å². The average molecular weight is 403 g/mol. The molecule has 0 saturated carbocycles. The topological polar surface area (TPSA) is 89.4 Å². The first kappa shape index (κ1) is 22.9. The molecule has 0 unspecified atom stereocenters. The lowest BCUT2D eigenvalue weighted by atomic mass is 10.3. The predicted molar refractivity (Wildman–Crippen MR) is 86.6 cm³/mol. The monoisotopic (exact) mass is 402 g/mol. The Bertz CT molecular complexity index is 698. The molecular formula is C14H12Cl2F4N2O3. The fourth-order valence-electron chi connectivity index (χ4n) is 1.19. The molecule has 0 aliphatic carbocycles. The number of hydrogen-bond donors (Lipinski definition) is 2. The molecule has 0 aliphatic rings. The van der Waals surface area contributed by atoms with Crippen LogP contribution in [0.5, 0.6) is 0 Å². The lowest BCUT2D eigenvalue weighted by Gasteiger charge is -1.96. The van der Waals surface area contributed by atoms with Crippen molar-refractivity contribution in [3.05, 3.63) is 67.7 Å². The van der Waals surface area contributed by atoms with Crippen molar-refractivity contribution >= 4 is 34.6 Å². The van der Waals surface area contributed by atoms with Crippen LogP contribution in [0.2, 0.25) is 10.0 Å². The van der Waals surface area contributed by atoms with E-state index in [1.54, 1.807) is 6.92 Å². The number of nitrogens with two attached hydrogens (primary N) is 1. The highest BCUT2D eigenvalue weighted by Crippen LogP contribution is 2.24. The Labute approximate surface area is 149 Å². The van der Waals surface area contributed by atoms with Crippen LogP contribution in [-0.2, 0) is 0 Å². The van der Waals surface area contributed by atoms with Crippen molar-refractivity contribution in [1.82, 2.24) is 0 Å². The van der Waals surface area contributed by atoms with E-state index < -0.39 is 38.9 Å². The number of nitro benzene ring substituents is 1. The van der Waals surface area contributed by atoms with Crippen LogP contribution in [0.4, 0.5) is 28.9 Å². The van der Waals surface area contributed by atoms with Crippen molar-refractivity contribution in [3.8, 4) is 0 Å². The lowest BCUT2D eigenvalue weighted by molar-refractivity contribution is -0.387. The summed E-state index contributed by atoms with van der Waals surface area (Å²) < 4.78 is 49.9. The number of hydrogen-bond acceptors (Lipinski definition) is 4. The predicted octanol–water partition coefficient (Wildman–Crippen LogP) is 4.73. The van der Waals surface area contributed by atoms with Crippen LogP contribution < -0.4 is 5.73 Å². The van der Waals surface area contributed by atoms with E-state index in [1.807, 2.05) is 0 Å². The second kappa shape index (κ2) is 10.7. The van der Waals surface area contributed by atoms with E-state index in [1.165, 1.54) is 0 Å². The summed E-state index contributed by atoms with van der Waals surface area (Å²) in [7, 11) is 0. The average Bonchev–Trinajstić information content (AvgIpc) is 2.50. The highest BCUT2D eigenvalue weighted by Gasteiger charge is 2.17. The van der Waals surface area contributed by atoms with E-state index in [0.717, 1.165) is 12.1 Å². The standard InChI is InChI=1S/C6H2ClF2NO2.C6H4ClF2N.C2H6O/c7-3-1-5(9)6(10(11)12)2-4(3)8;7-3-1-5(9)6(10)2-4(3)8;1-2-3/h1-2H;1-2H,10H2;3H,2H2,1H3. The summed E-state index contributed by atoms with van der Waals surface area (Å²) in [5.41, 5.74) is 3.86. The van der Waals surface area contributed by atoms with E-state index in [2.05, 4.69) is 0 Å². The Balaban J connectivity index is 0.000000403. The number of aliphatic hydroxyl groups excluding tert-OH is 1. The fraction of sp³-hybridized carbons (Fsp3) is 0.143. The second-order valence-corrected chi connectivity index (χ2v) is 4.89. The Morgan fingerprint density at radius 2 is 1.40 bits per heavy atom. The van der Waals surface area contributed by atoms with Crippen molar-refractivity contribution < 1.29 is 27.6 Å². The number of rotatable bonds is 1. The summed E-state index contributed by atoms with van der Waals surface area (Å²) in [6.45, 7) is 1.93. The Kier molecular flexibility index (Phi) is 9.80. The Morgan fingerprint density at radius 1 is 1.00 bits per heavy atom. The van der Waals surface area contributed by atoms with Crippen molar-refractivity contribution in [1.29, 1.82) is 0 Å². The van der Waals surface area contributed by atoms with Crippen LogP contribution in [0.15, 0.2) is 24.3 Å². The molecule has 3 N–H and O–H groups in total. The zero-order valence-electron chi connectivity index (χ0n) is 12.6. The summed E-state index contributed by atoms with van der Waals surface area (Å²) in [5.74, 6) is -3.57. The third kappa shape index (κ3) is 7.55. The molecule has 5 nitrogen and oxygen atoms in total. The van der Waals surface area contributed by atoms with Gasteiger partial charge in [-0.3, -0.25) is 10.1 Å². The van der Waals surface area contributed by atoms with Gasteiger partial charge in [0.2, 0.25) is 5.82 Å². The van der Waals surface area contributed by atoms with Gasteiger partial charge in [0.1, 0.15) is 17.5 Å². The molecule has 0 saturated heterocycles. The SMILES string of the molecule is CCO.Nc1cc(F)c(Cl)cc1F.O=[N+]([O-])c1cc(F)c(Cl)cc1F. The van der Waals surface area contributed by atoms with Gasteiger partial charge in [0.15, 0.2) is 0 Å². The third-order valence-electron chi connectivity index (χ3n) is 2.23. The maximum atomic E-state index is 12.6. The molecule has 0 heterocycles. The molecule has 0 fully saturated rings. The maximum Gasteiger partial charge on any atom is 0.307 e. The van der Waals surface area contributed by atoms with Crippen LogP contribution in [0.1, 0.15) is 6.92 Å². The zero-order valence-corrected chi connectivity index (χ0v) is 14.1. The number of aliphatic hydroxyl groups is 1. The maximum absolute atomic E-state index is 12.6.